The third-order valence-corrected chi connectivity index (χ3v) is 8.29. The molecular weight excluding hydrogens is 452 g/mol. The standard InChI is InChI=1S/C19H21F2N3O5S2/c1-14(22-30(26,27)16-5-3-2-4-6-16)19(25)23-9-11-24(12-10-23)31(28,29)18-13-15(20)7-8-17(18)21/h2-8,13-14,22H,9-12H2,1H3/t14-/m0/s1. The van der Waals surface area contributed by atoms with Crippen LogP contribution in [-0.4, -0.2) is 64.2 Å². The number of nitrogens with one attached hydrogen (secondary N) is 1. The lowest BCUT2D eigenvalue weighted by Gasteiger charge is -2.35. The van der Waals surface area contributed by atoms with Crippen molar-refractivity contribution >= 4 is 26.0 Å². The van der Waals surface area contributed by atoms with Crippen molar-refractivity contribution in [2.75, 3.05) is 26.2 Å². The summed E-state index contributed by atoms with van der Waals surface area (Å²) in [5.74, 6) is -2.47. The molecule has 2 aromatic rings. The maximum atomic E-state index is 13.9. The van der Waals surface area contributed by atoms with E-state index >= 15 is 0 Å². The monoisotopic (exact) mass is 473 g/mol. The summed E-state index contributed by atoms with van der Waals surface area (Å²) in [7, 11) is -8.18. The molecule has 1 N–H and O–H groups in total. The maximum Gasteiger partial charge on any atom is 0.246 e. The zero-order valence-electron chi connectivity index (χ0n) is 16.5. The Balaban J connectivity index is 1.65. The summed E-state index contributed by atoms with van der Waals surface area (Å²) in [5, 5.41) is 0. The van der Waals surface area contributed by atoms with Crippen LogP contribution in [0.3, 0.4) is 0 Å². The molecule has 0 radical (unpaired) electrons. The smallest absolute Gasteiger partial charge is 0.246 e. The SMILES string of the molecule is C[C@H](NS(=O)(=O)c1ccccc1)C(=O)N1CCN(S(=O)(=O)c2cc(F)ccc2F)CC1. The van der Waals surface area contributed by atoms with Crippen molar-refractivity contribution in [2.45, 2.75) is 22.8 Å². The van der Waals surface area contributed by atoms with Crippen LogP contribution in [0.4, 0.5) is 8.78 Å². The number of nitrogens with zero attached hydrogens (tertiary/aromatic N) is 2. The van der Waals surface area contributed by atoms with E-state index < -0.39 is 48.5 Å². The number of carbonyl (C=O) groups excluding carboxylic acids is 1. The van der Waals surface area contributed by atoms with Gasteiger partial charge >= 0.3 is 0 Å². The molecular formula is C19H21F2N3O5S2. The van der Waals surface area contributed by atoms with Crippen LogP contribution in [0.5, 0.6) is 0 Å². The van der Waals surface area contributed by atoms with E-state index in [0.717, 1.165) is 16.4 Å². The van der Waals surface area contributed by atoms with E-state index in [0.29, 0.717) is 6.07 Å². The maximum absolute atomic E-state index is 13.9. The molecule has 8 nitrogen and oxygen atoms in total. The van der Waals surface area contributed by atoms with Gasteiger partial charge in [-0.05, 0) is 37.3 Å². The van der Waals surface area contributed by atoms with Crippen LogP contribution in [0.2, 0.25) is 0 Å². The van der Waals surface area contributed by atoms with E-state index in [1.807, 2.05) is 0 Å². The second-order valence-electron chi connectivity index (χ2n) is 6.96. The molecule has 168 valence electrons. The van der Waals surface area contributed by atoms with Crippen molar-refractivity contribution in [3.8, 4) is 0 Å². The highest BCUT2D eigenvalue weighted by molar-refractivity contribution is 7.89. The fourth-order valence-corrected chi connectivity index (χ4v) is 5.90. The Kier molecular flexibility index (Phi) is 6.74. The fraction of sp³-hybridized carbons (Fsp3) is 0.316. The lowest BCUT2D eigenvalue weighted by molar-refractivity contribution is -0.133. The van der Waals surface area contributed by atoms with E-state index in [1.54, 1.807) is 18.2 Å². The summed E-state index contributed by atoms with van der Waals surface area (Å²) >= 11 is 0. The highest BCUT2D eigenvalue weighted by Gasteiger charge is 2.34. The van der Waals surface area contributed by atoms with Crippen molar-refractivity contribution in [3.05, 3.63) is 60.2 Å². The van der Waals surface area contributed by atoms with Crippen molar-refractivity contribution in [3.63, 3.8) is 0 Å². The molecule has 0 aliphatic carbocycles. The Bertz CT molecular complexity index is 1170. The van der Waals surface area contributed by atoms with Crippen LogP contribution >= 0.6 is 0 Å². The van der Waals surface area contributed by atoms with Gasteiger partial charge in [0.15, 0.2) is 0 Å². The molecule has 1 saturated heterocycles. The molecule has 0 saturated carbocycles. The van der Waals surface area contributed by atoms with Crippen LogP contribution in [0.15, 0.2) is 58.3 Å². The molecule has 12 heteroatoms. The predicted molar refractivity (Wildman–Crippen MR) is 108 cm³/mol. The molecule has 1 atom stereocenters. The van der Waals surface area contributed by atoms with E-state index in [9.17, 15) is 30.4 Å². The Morgan fingerprint density at radius 2 is 1.58 bits per heavy atom. The topological polar surface area (TPSA) is 104 Å². The van der Waals surface area contributed by atoms with E-state index in [4.69, 9.17) is 0 Å². The largest absolute Gasteiger partial charge is 0.339 e. The van der Waals surface area contributed by atoms with Gasteiger partial charge in [-0.2, -0.15) is 9.03 Å². The van der Waals surface area contributed by atoms with Gasteiger partial charge in [0.2, 0.25) is 26.0 Å². The minimum Gasteiger partial charge on any atom is -0.339 e. The second kappa shape index (κ2) is 8.99. The first kappa shape index (κ1) is 23.3. The lowest BCUT2D eigenvalue weighted by Crippen LogP contribution is -2.55. The van der Waals surface area contributed by atoms with Crippen molar-refractivity contribution in [1.82, 2.24) is 13.9 Å². The quantitative estimate of drug-likeness (QED) is 0.678. The van der Waals surface area contributed by atoms with Crippen molar-refractivity contribution in [2.24, 2.45) is 0 Å². The molecule has 0 aromatic heterocycles. The number of sulfonamides is 2. The number of benzene rings is 2. The fourth-order valence-electron chi connectivity index (χ4n) is 3.19. The number of hydrogen-bond donors (Lipinski definition) is 1. The van der Waals surface area contributed by atoms with Crippen molar-refractivity contribution in [1.29, 1.82) is 0 Å². The van der Waals surface area contributed by atoms with Gasteiger partial charge in [0.1, 0.15) is 16.5 Å². The Hall–Kier alpha value is -2.41. The Labute approximate surface area is 179 Å². The molecule has 1 aliphatic heterocycles. The summed E-state index contributed by atoms with van der Waals surface area (Å²) in [6, 6.07) is 8.67. The van der Waals surface area contributed by atoms with Gasteiger partial charge in [-0.3, -0.25) is 4.79 Å². The van der Waals surface area contributed by atoms with Crippen LogP contribution in [-0.2, 0) is 24.8 Å². The first-order valence-electron chi connectivity index (χ1n) is 9.34. The summed E-state index contributed by atoms with van der Waals surface area (Å²) in [5.41, 5.74) is 0. The molecule has 1 aliphatic rings. The molecule has 1 amide bonds. The highest BCUT2D eigenvalue weighted by atomic mass is 32.2. The normalized spacial score (nSPS) is 16.8. The molecule has 31 heavy (non-hydrogen) atoms. The summed E-state index contributed by atoms with van der Waals surface area (Å²) in [4.78, 5) is 13.2. The van der Waals surface area contributed by atoms with Gasteiger partial charge in [0.25, 0.3) is 0 Å². The molecule has 2 aromatic carbocycles. The minimum absolute atomic E-state index is 0.0164. The first-order chi connectivity index (χ1) is 14.5. The van der Waals surface area contributed by atoms with Gasteiger partial charge in [-0.15, -0.1) is 0 Å². The average Bonchev–Trinajstić information content (AvgIpc) is 2.75. The molecule has 0 spiro atoms. The highest BCUT2D eigenvalue weighted by Crippen LogP contribution is 2.22. The summed E-state index contributed by atoms with van der Waals surface area (Å²) in [6.45, 7) is 1.08. The number of amides is 1. The zero-order chi connectivity index (χ0) is 22.8. The number of piperazine rings is 1. The van der Waals surface area contributed by atoms with Gasteiger partial charge in [0, 0.05) is 26.2 Å². The van der Waals surface area contributed by atoms with E-state index in [-0.39, 0.29) is 31.1 Å². The molecule has 3 rings (SSSR count). The second-order valence-corrected chi connectivity index (χ2v) is 10.6. The predicted octanol–water partition coefficient (Wildman–Crippen LogP) is 1.16. The van der Waals surface area contributed by atoms with Gasteiger partial charge in [0.05, 0.1) is 10.9 Å². The molecule has 0 unspecified atom stereocenters. The number of hydrogen-bond acceptors (Lipinski definition) is 5. The summed E-state index contributed by atoms with van der Waals surface area (Å²) in [6.07, 6.45) is 0. The number of carbonyl (C=O) groups is 1. The van der Waals surface area contributed by atoms with Crippen LogP contribution in [0.25, 0.3) is 0 Å². The number of rotatable bonds is 6. The molecule has 1 fully saturated rings. The third-order valence-electron chi connectivity index (χ3n) is 4.82. The zero-order valence-corrected chi connectivity index (χ0v) is 18.2. The lowest BCUT2D eigenvalue weighted by atomic mass is 10.2. The number of halogens is 2. The van der Waals surface area contributed by atoms with Gasteiger partial charge in [-0.25, -0.2) is 25.6 Å². The molecule has 0 bridgehead atoms. The van der Waals surface area contributed by atoms with Gasteiger partial charge < -0.3 is 4.90 Å². The minimum atomic E-state index is -4.28. The average molecular weight is 474 g/mol. The van der Waals surface area contributed by atoms with Crippen LogP contribution < -0.4 is 4.72 Å². The van der Waals surface area contributed by atoms with E-state index in [1.165, 1.54) is 24.0 Å². The Morgan fingerprint density at radius 3 is 2.19 bits per heavy atom. The summed E-state index contributed by atoms with van der Waals surface area (Å²) < 4.78 is 80.7. The van der Waals surface area contributed by atoms with E-state index in [2.05, 4.69) is 4.72 Å². The first-order valence-corrected chi connectivity index (χ1v) is 12.3. The third kappa shape index (κ3) is 5.09. The van der Waals surface area contributed by atoms with Crippen molar-refractivity contribution < 1.29 is 30.4 Å². The van der Waals surface area contributed by atoms with Gasteiger partial charge in [-0.1, -0.05) is 18.2 Å². The molecule has 1 heterocycles. The Morgan fingerprint density at radius 1 is 0.968 bits per heavy atom. The van der Waals surface area contributed by atoms with Crippen LogP contribution in [0.1, 0.15) is 6.92 Å². The van der Waals surface area contributed by atoms with Crippen LogP contribution in [0, 0.1) is 11.6 Å².